The van der Waals surface area contributed by atoms with Crippen molar-refractivity contribution in [2.75, 3.05) is 0 Å². The van der Waals surface area contributed by atoms with Crippen molar-refractivity contribution >= 4 is 0 Å². The zero-order valence-corrected chi connectivity index (χ0v) is 16.8. The maximum Gasteiger partial charge on any atom is 0.119 e. The van der Waals surface area contributed by atoms with Gasteiger partial charge in [0.25, 0.3) is 0 Å². The predicted octanol–water partition coefficient (Wildman–Crippen LogP) is 6.48. The van der Waals surface area contributed by atoms with Crippen LogP contribution in [0.1, 0.15) is 102 Å². The Morgan fingerprint density at radius 1 is 0.654 bits per heavy atom. The lowest BCUT2D eigenvalue weighted by molar-refractivity contribution is 0.156. The van der Waals surface area contributed by atoms with Gasteiger partial charge in [-0.3, -0.25) is 0 Å². The number of phenols is 2. The number of hydrogen-bond acceptors (Lipinski definition) is 3. The molecule has 0 aliphatic carbocycles. The zero-order chi connectivity index (χ0) is 19.0. The Balaban J connectivity index is 1.82. The average Bonchev–Trinajstić information content (AvgIpc) is 2.60. The molecule has 0 bridgehead atoms. The van der Waals surface area contributed by atoms with Crippen LogP contribution in [0, 0.1) is 0 Å². The fourth-order valence-corrected chi connectivity index (χ4v) is 3.48. The zero-order valence-electron chi connectivity index (χ0n) is 16.8. The lowest BCUT2D eigenvalue weighted by atomic mass is 10.0. The first-order valence-electron chi connectivity index (χ1n) is 10.8. The largest absolute Gasteiger partial charge is 0.508 e. The quantitative estimate of drug-likeness (QED) is 0.294. The molecule has 0 saturated carbocycles. The molecule has 0 fully saturated rings. The number of aromatic hydroxyl groups is 2. The summed E-state index contributed by atoms with van der Waals surface area (Å²) < 4.78 is 0. The molecule has 3 N–H and O–H groups in total. The highest BCUT2D eigenvalue weighted by molar-refractivity contribution is 5.36. The average molecular weight is 365 g/mol. The number of aliphatic hydroxyl groups is 1. The highest BCUT2D eigenvalue weighted by atomic mass is 16.3. The van der Waals surface area contributed by atoms with E-state index in [-0.39, 0.29) is 17.6 Å². The molecule has 0 aliphatic heterocycles. The lowest BCUT2D eigenvalue weighted by Crippen LogP contribution is -2.03. The summed E-state index contributed by atoms with van der Waals surface area (Å²) in [4.78, 5) is 0. The molecule has 26 heavy (non-hydrogen) atoms. The maximum atomic E-state index is 9.49. The molecule has 0 heterocycles. The second-order valence-corrected chi connectivity index (χ2v) is 7.70. The van der Waals surface area contributed by atoms with Crippen molar-refractivity contribution in [1.82, 2.24) is 0 Å². The molecule has 0 amide bonds. The van der Waals surface area contributed by atoms with Crippen LogP contribution in [0.5, 0.6) is 11.5 Å². The van der Waals surface area contributed by atoms with Crippen molar-refractivity contribution in [2.45, 2.75) is 109 Å². The van der Waals surface area contributed by atoms with E-state index in [4.69, 9.17) is 0 Å². The van der Waals surface area contributed by atoms with Crippen LogP contribution < -0.4 is 0 Å². The van der Waals surface area contributed by atoms with Crippen LogP contribution in [0.2, 0.25) is 0 Å². The number of unbranched alkanes of at least 4 members (excludes halogenated alkanes) is 11. The van der Waals surface area contributed by atoms with Crippen LogP contribution in [0.15, 0.2) is 18.2 Å². The van der Waals surface area contributed by atoms with Gasteiger partial charge in [-0.05, 0) is 43.4 Å². The van der Waals surface area contributed by atoms with Gasteiger partial charge in [0.1, 0.15) is 11.5 Å². The minimum Gasteiger partial charge on any atom is -0.508 e. The first-order valence-corrected chi connectivity index (χ1v) is 10.8. The van der Waals surface area contributed by atoms with Crippen molar-refractivity contribution in [2.24, 2.45) is 0 Å². The molecule has 0 radical (unpaired) electrons. The normalized spacial score (nSPS) is 12.4. The van der Waals surface area contributed by atoms with Gasteiger partial charge in [-0.1, -0.05) is 77.6 Å². The topological polar surface area (TPSA) is 60.7 Å². The third-order valence-corrected chi connectivity index (χ3v) is 5.19. The van der Waals surface area contributed by atoms with Gasteiger partial charge in [0.2, 0.25) is 0 Å². The van der Waals surface area contributed by atoms with Crippen molar-refractivity contribution in [1.29, 1.82) is 0 Å². The summed E-state index contributed by atoms with van der Waals surface area (Å²) >= 11 is 0. The molecular formula is C23H40O3. The van der Waals surface area contributed by atoms with Gasteiger partial charge in [-0.15, -0.1) is 0 Å². The molecule has 3 heteroatoms. The summed E-state index contributed by atoms with van der Waals surface area (Å²) in [5.74, 6) is 0.303. The molecule has 0 unspecified atom stereocenters. The van der Waals surface area contributed by atoms with Gasteiger partial charge in [0.05, 0.1) is 6.10 Å². The summed E-state index contributed by atoms with van der Waals surface area (Å²) in [6, 6.07) is 4.86. The highest BCUT2D eigenvalue weighted by Gasteiger charge is 2.01. The summed E-state index contributed by atoms with van der Waals surface area (Å²) in [6.45, 7) is 2.05. The maximum absolute atomic E-state index is 9.49. The van der Waals surface area contributed by atoms with Crippen molar-refractivity contribution in [3.63, 3.8) is 0 Å². The third kappa shape index (κ3) is 12.2. The Bertz CT molecular complexity index is 439. The molecule has 0 aliphatic rings. The molecule has 3 nitrogen and oxygen atoms in total. The van der Waals surface area contributed by atoms with Gasteiger partial charge in [-0.25, -0.2) is 0 Å². The van der Waals surface area contributed by atoms with E-state index in [0.717, 1.165) is 31.2 Å². The van der Waals surface area contributed by atoms with Gasteiger partial charge < -0.3 is 15.3 Å². The van der Waals surface area contributed by atoms with Crippen LogP contribution in [0.4, 0.5) is 0 Å². The van der Waals surface area contributed by atoms with E-state index in [1.54, 1.807) is 12.1 Å². The van der Waals surface area contributed by atoms with Gasteiger partial charge in [0, 0.05) is 6.07 Å². The van der Waals surface area contributed by atoms with E-state index in [2.05, 4.69) is 0 Å². The number of phenolic OH excluding ortho intramolecular Hbond substituents is 2. The number of aliphatic hydroxyl groups excluding tert-OH is 1. The molecular weight excluding hydrogens is 324 g/mol. The second-order valence-electron chi connectivity index (χ2n) is 7.70. The minimum atomic E-state index is -0.0815. The van der Waals surface area contributed by atoms with E-state index in [0.29, 0.717) is 0 Å². The molecule has 0 saturated heterocycles. The highest BCUT2D eigenvalue weighted by Crippen LogP contribution is 2.22. The Morgan fingerprint density at radius 2 is 1.08 bits per heavy atom. The molecule has 0 spiro atoms. The molecule has 1 aromatic rings. The summed E-state index contributed by atoms with van der Waals surface area (Å²) in [6.07, 6.45) is 18.2. The molecule has 1 aromatic carbocycles. The smallest absolute Gasteiger partial charge is 0.119 e. The fourth-order valence-electron chi connectivity index (χ4n) is 3.48. The van der Waals surface area contributed by atoms with E-state index in [1.807, 2.05) is 6.92 Å². The van der Waals surface area contributed by atoms with Gasteiger partial charge >= 0.3 is 0 Å². The number of rotatable bonds is 16. The molecule has 0 aromatic heterocycles. The minimum absolute atomic E-state index is 0.0815. The lowest BCUT2D eigenvalue weighted by Gasteiger charge is -2.07. The van der Waals surface area contributed by atoms with Crippen LogP contribution in [0.25, 0.3) is 0 Å². The van der Waals surface area contributed by atoms with Gasteiger partial charge in [0.15, 0.2) is 0 Å². The summed E-state index contributed by atoms with van der Waals surface area (Å²) in [5.41, 5.74) is 1.02. The van der Waals surface area contributed by atoms with E-state index < -0.39 is 0 Å². The first kappa shape index (κ1) is 22.8. The van der Waals surface area contributed by atoms with Crippen LogP contribution in [0.3, 0.4) is 0 Å². The number of hydrogen-bond donors (Lipinski definition) is 3. The van der Waals surface area contributed by atoms with Crippen molar-refractivity contribution in [3.8, 4) is 11.5 Å². The Morgan fingerprint density at radius 3 is 1.54 bits per heavy atom. The van der Waals surface area contributed by atoms with E-state index >= 15 is 0 Å². The van der Waals surface area contributed by atoms with Crippen LogP contribution >= 0.6 is 0 Å². The van der Waals surface area contributed by atoms with E-state index in [1.165, 1.54) is 76.7 Å². The Hall–Kier alpha value is -1.22. The SMILES string of the molecule is CC[C@H](O)CCCCCCCCCCCCCCc1cc(O)cc(O)c1. The third-order valence-electron chi connectivity index (χ3n) is 5.19. The molecule has 1 atom stereocenters. The summed E-state index contributed by atoms with van der Waals surface area (Å²) in [7, 11) is 0. The molecule has 1 rings (SSSR count). The second kappa shape index (κ2) is 14.9. The van der Waals surface area contributed by atoms with Crippen LogP contribution in [-0.2, 0) is 6.42 Å². The van der Waals surface area contributed by atoms with Crippen LogP contribution in [-0.4, -0.2) is 21.4 Å². The van der Waals surface area contributed by atoms with E-state index in [9.17, 15) is 15.3 Å². The van der Waals surface area contributed by atoms with Crippen molar-refractivity contribution < 1.29 is 15.3 Å². The fraction of sp³-hybridized carbons (Fsp3) is 0.739. The Kier molecular flexibility index (Phi) is 13.1. The number of benzene rings is 1. The van der Waals surface area contributed by atoms with Crippen molar-refractivity contribution in [3.05, 3.63) is 23.8 Å². The summed E-state index contributed by atoms with van der Waals surface area (Å²) in [5, 5.41) is 28.4. The monoisotopic (exact) mass is 364 g/mol. The first-order chi connectivity index (χ1) is 12.6. The standard InChI is InChI=1S/C23H40O3/c1-2-21(24)16-14-12-10-8-6-4-3-5-7-9-11-13-15-20-17-22(25)19-23(26)18-20/h17-19,21,24-26H,2-16H2,1H3/t21-/m0/s1. The molecule has 150 valence electrons. The Labute approximate surface area is 160 Å². The predicted molar refractivity (Wildman–Crippen MR) is 110 cm³/mol. The van der Waals surface area contributed by atoms with Gasteiger partial charge in [-0.2, -0.15) is 0 Å². The number of aryl methyl sites for hydroxylation is 1.